The van der Waals surface area contributed by atoms with Gasteiger partial charge in [0, 0.05) is 19.8 Å². The molecule has 0 aromatic heterocycles. The minimum Gasteiger partial charge on any atom is -0.388 e. The molecule has 1 rings (SSSR count). The van der Waals surface area contributed by atoms with Gasteiger partial charge < -0.3 is 35.9 Å². The fourth-order valence-electron chi connectivity index (χ4n) is 4.16. The van der Waals surface area contributed by atoms with Gasteiger partial charge in [-0.1, -0.05) is 90.4 Å². The van der Waals surface area contributed by atoms with Crippen molar-refractivity contribution in [3.63, 3.8) is 0 Å². The van der Waals surface area contributed by atoms with Crippen LogP contribution in [-0.4, -0.2) is 67.2 Å². The number of aliphatic hydroxyl groups is 2. The third kappa shape index (κ3) is 13.4. The van der Waals surface area contributed by atoms with Crippen molar-refractivity contribution in [2.45, 2.75) is 134 Å². The normalized spacial score (nSPS) is 26.0. The first-order chi connectivity index (χ1) is 15.6. The Morgan fingerprint density at radius 2 is 1.19 bits per heavy atom. The molecule has 7 heteroatoms. The Hall–Kier alpha value is -0.280. The average molecular weight is 461 g/mol. The minimum absolute atomic E-state index is 0.104. The largest absolute Gasteiger partial charge is 0.388 e. The second-order valence-electron chi connectivity index (χ2n) is 9.27. The van der Waals surface area contributed by atoms with Crippen LogP contribution in [0.3, 0.4) is 0 Å². The van der Waals surface area contributed by atoms with Crippen LogP contribution in [0.25, 0.3) is 0 Å². The van der Waals surface area contributed by atoms with E-state index in [1.165, 1.54) is 83.5 Å². The number of aliphatic hydroxyl groups excluding tert-OH is 2. The van der Waals surface area contributed by atoms with Crippen LogP contribution in [0.5, 0.6) is 0 Å². The Kier molecular flexibility index (Phi) is 18.7. The highest BCUT2D eigenvalue weighted by Crippen LogP contribution is 2.20. The van der Waals surface area contributed by atoms with E-state index in [4.69, 9.17) is 25.7 Å². The van der Waals surface area contributed by atoms with E-state index in [-0.39, 0.29) is 6.54 Å². The Balaban J connectivity index is 1.82. The molecule has 0 aliphatic carbocycles. The Morgan fingerprint density at radius 1 is 0.688 bits per heavy atom. The Bertz CT molecular complexity index is 414. The zero-order valence-electron chi connectivity index (χ0n) is 20.6. The molecule has 7 nitrogen and oxygen atoms in total. The SMILES string of the molecule is CCCCCCCCCCCCCCCCOCCCO[C@@H]1O[C@H](CN)[C@@H](O)[C@H](O)[C@H]1N. The number of hydrogen-bond donors (Lipinski definition) is 4. The fourth-order valence-corrected chi connectivity index (χ4v) is 4.16. The van der Waals surface area contributed by atoms with Crippen molar-refractivity contribution in [1.82, 2.24) is 0 Å². The third-order valence-electron chi connectivity index (χ3n) is 6.34. The van der Waals surface area contributed by atoms with E-state index in [0.717, 1.165) is 19.4 Å². The van der Waals surface area contributed by atoms with Crippen molar-refractivity contribution < 1.29 is 24.4 Å². The summed E-state index contributed by atoms with van der Waals surface area (Å²) in [6, 6.07) is -0.788. The van der Waals surface area contributed by atoms with Gasteiger partial charge in [0.2, 0.25) is 0 Å². The number of unbranched alkanes of at least 4 members (excludes halogenated alkanes) is 13. The predicted molar refractivity (Wildman–Crippen MR) is 129 cm³/mol. The minimum atomic E-state index is -1.10. The van der Waals surface area contributed by atoms with Crippen LogP contribution in [0.2, 0.25) is 0 Å². The summed E-state index contributed by atoms with van der Waals surface area (Å²) in [5, 5.41) is 19.8. The average Bonchev–Trinajstić information content (AvgIpc) is 2.80. The summed E-state index contributed by atoms with van der Waals surface area (Å²) < 4.78 is 16.8. The van der Waals surface area contributed by atoms with E-state index in [9.17, 15) is 10.2 Å². The lowest BCUT2D eigenvalue weighted by Crippen LogP contribution is -2.63. The molecular formula is C25H52N2O5. The molecule has 1 saturated heterocycles. The van der Waals surface area contributed by atoms with Gasteiger partial charge in [0.25, 0.3) is 0 Å². The molecule has 0 spiro atoms. The molecular weight excluding hydrogens is 408 g/mol. The smallest absolute Gasteiger partial charge is 0.175 e. The van der Waals surface area contributed by atoms with Crippen LogP contribution < -0.4 is 11.5 Å². The Morgan fingerprint density at radius 3 is 1.72 bits per heavy atom. The fraction of sp³-hybridized carbons (Fsp3) is 1.00. The van der Waals surface area contributed by atoms with Gasteiger partial charge in [-0.15, -0.1) is 0 Å². The van der Waals surface area contributed by atoms with E-state index in [0.29, 0.717) is 13.2 Å². The topological polar surface area (TPSA) is 120 Å². The first-order valence-electron chi connectivity index (χ1n) is 13.3. The lowest BCUT2D eigenvalue weighted by Gasteiger charge is -2.40. The van der Waals surface area contributed by atoms with Crippen LogP contribution in [-0.2, 0) is 14.2 Å². The second-order valence-corrected chi connectivity index (χ2v) is 9.27. The van der Waals surface area contributed by atoms with Crippen LogP contribution in [0.15, 0.2) is 0 Å². The summed E-state index contributed by atoms with van der Waals surface area (Å²) in [6.45, 7) is 4.23. The van der Waals surface area contributed by atoms with Crippen molar-refractivity contribution >= 4 is 0 Å². The van der Waals surface area contributed by atoms with Gasteiger partial charge in [0.1, 0.15) is 18.3 Å². The van der Waals surface area contributed by atoms with Gasteiger partial charge in [0.15, 0.2) is 6.29 Å². The molecule has 5 atom stereocenters. The molecule has 1 fully saturated rings. The summed E-state index contributed by atoms with van der Waals surface area (Å²) in [7, 11) is 0. The molecule has 0 saturated carbocycles. The number of ether oxygens (including phenoxy) is 3. The zero-order chi connectivity index (χ0) is 23.4. The van der Waals surface area contributed by atoms with E-state index < -0.39 is 30.6 Å². The summed E-state index contributed by atoms with van der Waals surface area (Å²) in [5.74, 6) is 0. The molecule has 1 heterocycles. The molecule has 0 bridgehead atoms. The van der Waals surface area contributed by atoms with Gasteiger partial charge in [-0.2, -0.15) is 0 Å². The molecule has 192 valence electrons. The van der Waals surface area contributed by atoms with Crippen molar-refractivity contribution in [1.29, 1.82) is 0 Å². The maximum Gasteiger partial charge on any atom is 0.175 e. The molecule has 1 aliphatic heterocycles. The zero-order valence-corrected chi connectivity index (χ0v) is 20.6. The first-order valence-corrected chi connectivity index (χ1v) is 13.3. The number of hydrogen-bond acceptors (Lipinski definition) is 7. The molecule has 0 aromatic rings. The van der Waals surface area contributed by atoms with Gasteiger partial charge in [-0.05, 0) is 12.8 Å². The molecule has 0 radical (unpaired) electrons. The Labute approximate surface area is 196 Å². The lowest BCUT2D eigenvalue weighted by molar-refractivity contribution is -0.257. The second kappa shape index (κ2) is 20.1. The summed E-state index contributed by atoms with van der Waals surface area (Å²) in [6.07, 6.45) is 16.1. The monoisotopic (exact) mass is 460 g/mol. The molecule has 0 unspecified atom stereocenters. The van der Waals surface area contributed by atoms with Gasteiger partial charge in [0.05, 0.1) is 12.6 Å². The van der Waals surface area contributed by atoms with Crippen molar-refractivity contribution in [2.75, 3.05) is 26.4 Å². The highest BCUT2D eigenvalue weighted by molar-refractivity contribution is 4.91. The van der Waals surface area contributed by atoms with E-state index in [1.54, 1.807) is 0 Å². The van der Waals surface area contributed by atoms with Crippen LogP contribution in [0.1, 0.15) is 103 Å². The van der Waals surface area contributed by atoms with Gasteiger partial charge in [-0.3, -0.25) is 0 Å². The molecule has 1 aliphatic rings. The maximum absolute atomic E-state index is 9.96. The highest BCUT2D eigenvalue weighted by Gasteiger charge is 2.42. The summed E-state index contributed by atoms with van der Waals surface area (Å²) >= 11 is 0. The summed E-state index contributed by atoms with van der Waals surface area (Å²) in [4.78, 5) is 0. The van der Waals surface area contributed by atoms with Crippen LogP contribution in [0, 0.1) is 0 Å². The lowest BCUT2D eigenvalue weighted by atomic mass is 9.97. The molecule has 0 aromatic carbocycles. The third-order valence-corrected chi connectivity index (χ3v) is 6.34. The predicted octanol–water partition coefficient (Wildman–Crippen LogP) is 3.62. The highest BCUT2D eigenvalue weighted by atomic mass is 16.7. The molecule has 32 heavy (non-hydrogen) atoms. The van der Waals surface area contributed by atoms with Crippen LogP contribution in [0.4, 0.5) is 0 Å². The van der Waals surface area contributed by atoms with Crippen LogP contribution >= 0.6 is 0 Å². The van der Waals surface area contributed by atoms with Crippen molar-refractivity contribution in [3.8, 4) is 0 Å². The number of rotatable bonds is 21. The van der Waals surface area contributed by atoms with Crippen molar-refractivity contribution in [2.24, 2.45) is 11.5 Å². The molecule has 6 N–H and O–H groups in total. The summed E-state index contributed by atoms with van der Waals surface area (Å²) in [5.41, 5.74) is 11.4. The van der Waals surface area contributed by atoms with E-state index in [1.807, 2.05) is 0 Å². The standard InChI is InChI=1S/C25H52N2O5/c1-2-3-4-5-6-7-8-9-10-11-12-13-14-15-17-30-18-16-19-31-25-22(27)24(29)23(28)21(20-26)32-25/h21-25,28-29H,2-20,26-27H2,1H3/t21-,22-,23-,24-,25-/m1/s1. The number of nitrogens with two attached hydrogens (primary N) is 2. The maximum atomic E-state index is 9.96. The quantitative estimate of drug-likeness (QED) is 0.193. The van der Waals surface area contributed by atoms with Gasteiger partial charge >= 0.3 is 0 Å². The van der Waals surface area contributed by atoms with E-state index in [2.05, 4.69) is 6.92 Å². The molecule has 0 amide bonds. The first kappa shape index (κ1) is 29.8. The van der Waals surface area contributed by atoms with Gasteiger partial charge in [-0.25, -0.2) is 0 Å². The van der Waals surface area contributed by atoms with Crippen molar-refractivity contribution in [3.05, 3.63) is 0 Å². The van der Waals surface area contributed by atoms with E-state index >= 15 is 0 Å².